The summed E-state index contributed by atoms with van der Waals surface area (Å²) in [7, 11) is 1.71. The lowest BCUT2D eigenvalue weighted by Crippen LogP contribution is -2.25. The van der Waals surface area contributed by atoms with Crippen molar-refractivity contribution in [3.63, 3.8) is 0 Å². The molecule has 1 heterocycles. The van der Waals surface area contributed by atoms with Crippen LogP contribution in [-0.2, 0) is 7.05 Å². The van der Waals surface area contributed by atoms with Gasteiger partial charge in [0.05, 0.1) is 17.8 Å². The van der Waals surface area contributed by atoms with E-state index >= 15 is 0 Å². The molecule has 0 atom stereocenters. The highest BCUT2D eigenvalue weighted by molar-refractivity contribution is 6.33. The number of aromatic nitrogens is 2. The van der Waals surface area contributed by atoms with Crippen LogP contribution in [-0.4, -0.2) is 28.7 Å². The van der Waals surface area contributed by atoms with Crippen LogP contribution in [0.25, 0.3) is 0 Å². The van der Waals surface area contributed by atoms with E-state index in [0.29, 0.717) is 17.3 Å². The highest BCUT2D eigenvalue weighted by Gasteiger charge is 2.14. The predicted molar refractivity (Wildman–Crippen MR) is 55.7 cm³/mol. The van der Waals surface area contributed by atoms with Crippen LogP contribution in [0, 0.1) is 0 Å². The number of hydrogen-bond acceptors (Lipinski definition) is 3. The van der Waals surface area contributed by atoms with Crippen molar-refractivity contribution in [3.8, 4) is 0 Å². The zero-order valence-electron chi connectivity index (χ0n) is 8.38. The van der Waals surface area contributed by atoms with Gasteiger partial charge >= 0.3 is 0 Å². The van der Waals surface area contributed by atoms with Gasteiger partial charge in [-0.3, -0.25) is 9.48 Å². The first kappa shape index (κ1) is 11.2. The van der Waals surface area contributed by atoms with Gasteiger partial charge in [0.2, 0.25) is 0 Å². The first-order chi connectivity index (χ1) is 6.66. The minimum atomic E-state index is -0.0246. The highest BCUT2D eigenvalue weighted by atomic mass is 35.5. The van der Waals surface area contributed by atoms with Crippen molar-refractivity contribution < 1.29 is 4.79 Å². The summed E-state index contributed by atoms with van der Waals surface area (Å²) in [6.45, 7) is 3.20. The normalized spacial score (nSPS) is 10.5. The second-order valence-electron chi connectivity index (χ2n) is 3.06. The van der Waals surface area contributed by atoms with Crippen molar-refractivity contribution in [2.75, 3.05) is 13.1 Å². The molecule has 1 rings (SSSR count). The van der Waals surface area contributed by atoms with Gasteiger partial charge in [0.1, 0.15) is 5.69 Å². The monoisotopic (exact) mass is 215 g/mol. The average Bonchev–Trinajstić information content (AvgIpc) is 2.46. The fourth-order valence-electron chi connectivity index (χ4n) is 1.19. The third kappa shape index (κ3) is 2.56. The molecule has 0 unspecified atom stereocenters. The summed E-state index contributed by atoms with van der Waals surface area (Å²) >= 11 is 5.82. The molecular weight excluding hydrogens is 202 g/mol. The van der Waals surface area contributed by atoms with Crippen LogP contribution in [0.3, 0.4) is 0 Å². The lowest BCUT2D eigenvalue weighted by atomic mass is 10.3. The lowest BCUT2D eigenvalue weighted by molar-refractivity contribution is 0.0982. The minimum absolute atomic E-state index is 0.0246. The first-order valence-electron chi connectivity index (χ1n) is 4.58. The van der Waals surface area contributed by atoms with Crippen LogP contribution in [0.5, 0.6) is 0 Å². The summed E-state index contributed by atoms with van der Waals surface area (Å²) in [5.41, 5.74) is 0.468. The van der Waals surface area contributed by atoms with Gasteiger partial charge in [0.25, 0.3) is 0 Å². The minimum Gasteiger partial charge on any atom is -0.310 e. The van der Waals surface area contributed by atoms with Crippen LogP contribution >= 0.6 is 11.6 Å². The quantitative estimate of drug-likeness (QED) is 0.594. The molecule has 14 heavy (non-hydrogen) atoms. The molecule has 0 fully saturated rings. The van der Waals surface area contributed by atoms with Gasteiger partial charge < -0.3 is 5.32 Å². The Morgan fingerprint density at radius 1 is 1.71 bits per heavy atom. The van der Waals surface area contributed by atoms with E-state index in [1.165, 1.54) is 10.9 Å². The molecule has 0 aromatic carbocycles. The summed E-state index contributed by atoms with van der Waals surface area (Å²) in [4.78, 5) is 11.6. The number of nitrogens with one attached hydrogen (secondary N) is 1. The molecule has 0 spiro atoms. The van der Waals surface area contributed by atoms with Crippen molar-refractivity contribution in [1.29, 1.82) is 0 Å². The van der Waals surface area contributed by atoms with Crippen molar-refractivity contribution in [1.82, 2.24) is 15.1 Å². The number of carbonyl (C=O) groups is 1. The summed E-state index contributed by atoms with van der Waals surface area (Å²) in [5.74, 6) is -0.0246. The fourth-order valence-corrected chi connectivity index (χ4v) is 1.46. The molecule has 1 aromatic heterocycles. The maximum Gasteiger partial charge on any atom is 0.196 e. The largest absolute Gasteiger partial charge is 0.310 e. The van der Waals surface area contributed by atoms with Crippen LogP contribution in [0.15, 0.2) is 6.20 Å². The first-order valence-corrected chi connectivity index (χ1v) is 4.96. The van der Waals surface area contributed by atoms with Crippen molar-refractivity contribution in [3.05, 3.63) is 16.9 Å². The molecule has 5 heteroatoms. The van der Waals surface area contributed by atoms with E-state index in [4.69, 9.17) is 11.6 Å². The number of ketones is 1. The topological polar surface area (TPSA) is 46.9 Å². The van der Waals surface area contributed by atoms with Crippen molar-refractivity contribution >= 4 is 17.4 Å². The molecule has 0 aliphatic carbocycles. The van der Waals surface area contributed by atoms with Gasteiger partial charge in [-0.2, -0.15) is 5.10 Å². The predicted octanol–water partition coefficient (Wildman–Crippen LogP) is 1.26. The molecule has 0 saturated heterocycles. The van der Waals surface area contributed by atoms with Crippen LogP contribution in [0.1, 0.15) is 23.8 Å². The van der Waals surface area contributed by atoms with Crippen LogP contribution in [0.4, 0.5) is 0 Å². The number of hydrogen-bond donors (Lipinski definition) is 1. The van der Waals surface area contributed by atoms with E-state index in [1.807, 2.05) is 0 Å². The molecule has 0 bridgehead atoms. The van der Waals surface area contributed by atoms with Crippen molar-refractivity contribution in [2.24, 2.45) is 7.05 Å². The number of aryl methyl sites for hydroxylation is 1. The SMILES string of the molecule is CCCNCC(=O)c1c(Cl)cnn1C. The fraction of sp³-hybridized carbons (Fsp3) is 0.556. The summed E-state index contributed by atoms with van der Waals surface area (Å²) in [6.07, 6.45) is 2.49. The molecule has 0 aliphatic heterocycles. The average molecular weight is 216 g/mol. The number of Topliss-reactive ketones (excluding diaryl/α,β-unsaturated/α-hetero) is 1. The molecule has 0 aliphatic rings. The van der Waals surface area contributed by atoms with E-state index < -0.39 is 0 Å². The van der Waals surface area contributed by atoms with E-state index in [-0.39, 0.29) is 5.78 Å². The molecule has 78 valence electrons. The zero-order valence-corrected chi connectivity index (χ0v) is 9.14. The number of carbonyl (C=O) groups excluding carboxylic acids is 1. The Morgan fingerprint density at radius 3 is 2.93 bits per heavy atom. The Morgan fingerprint density at radius 2 is 2.43 bits per heavy atom. The van der Waals surface area contributed by atoms with Gasteiger partial charge in [-0.1, -0.05) is 18.5 Å². The number of halogens is 1. The Labute approximate surface area is 88.2 Å². The maximum atomic E-state index is 11.6. The van der Waals surface area contributed by atoms with Gasteiger partial charge in [-0.05, 0) is 13.0 Å². The standard InChI is InChI=1S/C9H14ClN3O/c1-3-4-11-6-8(14)9-7(10)5-12-13(9)2/h5,11H,3-4,6H2,1-2H3. The molecule has 0 saturated carbocycles. The molecule has 4 nitrogen and oxygen atoms in total. The lowest BCUT2D eigenvalue weighted by Gasteiger charge is -2.03. The van der Waals surface area contributed by atoms with E-state index in [9.17, 15) is 4.79 Å². The number of rotatable bonds is 5. The van der Waals surface area contributed by atoms with E-state index in [2.05, 4.69) is 17.3 Å². The van der Waals surface area contributed by atoms with Gasteiger partial charge in [-0.25, -0.2) is 0 Å². The van der Waals surface area contributed by atoms with Crippen LogP contribution in [0.2, 0.25) is 5.02 Å². The van der Waals surface area contributed by atoms with Crippen molar-refractivity contribution in [2.45, 2.75) is 13.3 Å². The highest BCUT2D eigenvalue weighted by Crippen LogP contribution is 2.13. The van der Waals surface area contributed by atoms with Gasteiger partial charge in [0.15, 0.2) is 5.78 Å². The van der Waals surface area contributed by atoms with E-state index in [1.54, 1.807) is 7.05 Å². The smallest absolute Gasteiger partial charge is 0.196 e. The Balaban J connectivity index is 2.60. The summed E-state index contributed by atoms with van der Waals surface area (Å²) in [5, 5.41) is 7.34. The molecular formula is C9H14ClN3O. The third-order valence-electron chi connectivity index (χ3n) is 1.87. The van der Waals surface area contributed by atoms with Gasteiger partial charge in [-0.15, -0.1) is 0 Å². The summed E-state index contributed by atoms with van der Waals surface area (Å²) < 4.78 is 1.50. The van der Waals surface area contributed by atoms with Crippen LogP contribution < -0.4 is 5.32 Å². The third-order valence-corrected chi connectivity index (χ3v) is 2.15. The van der Waals surface area contributed by atoms with E-state index in [0.717, 1.165) is 13.0 Å². The van der Waals surface area contributed by atoms with Gasteiger partial charge in [0, 0.05) is 7.05 Å². The number of nitrogens with zero attached hydrogens (tertiary/aromatic N) is 2. The molecule has 1 aromatic rings. The Bertz CT molecular complexity index is 302. The Kier molecular flexibility index (Phi) is 4.10. The second kappa shape index (κ2) is 5.12. The maximum absolute atomic E-state index is 11.6. The molecule has 0 radical (unpaired) electrons. The molecule has 0 amide bonds. The summed E-state index contributed by atoms with van der Waals surface area (Å²) in [6, 6.07) is 0. The molecule has 1 N–H and O–H groups in total. The second-order valence-corrected chi connectivity index (χ2v) is 3.47. The Hall–Kier alpha value is -0.870. The zero-order chi connectivity index (χ0) is 10.6.